The second-order valence-electron chi connectivity index (χ2n) is 4.18. The molecule has 0 bridgehead atoms. The average molecular weight is 281 g/mol. The number of sulfonamides is 1. The lowest BCUT2D eigenvalue weighted by Gasteiger charge is -2.23. The molecule has 1 rings (SSSR count). The van der Waals surface area contributed by atoms with Crippen LogP contribution < -0.4 is 5.73 Å². The van der Waals surface area contributed by atoms with Gasteiger partial charge in [0.2, 0.25) is 10.0 Å². The third kappa shape index (κ3) is 4.03. The molecule has 0 aliphatic carbocycles. The quantitative estimate of drug-likeness (QED) is 0.810. The first-order valence-corrected chi connectivity index (χ1v) is 7.69. The Balaban J connectivity index is 2.98. The van der Waals surface area contributed by atoms with Crippen molar-refractivity contribution in [3.8, 4) is 6.07 Å². The molecule has 0 heterocycles. The molecule has 1 atom stereocenters. The van der Waals surface area contributed by atoms with Gasteiger partial charge in [0.15, 0.2) is 5.25 Å². The first kappa shape index (κ1) is 15.6. The molecule has 0 radical (unpaired) electrons. The van der Waals surface area contributed by atoms with E-state index in [9.17, 15) is 8.42 Å². The average Bonchev–Trinajstić information content (AvgIpc) is 2.40. The van der Waals surface area contributed by atoms with Gasteiger partial charge in [0, 0.05) is 19.6 Å². The number of rotatable bonds is 7. The molecule has 104 valence electrons. The summed E-state index contributed by atoms with van der Waals surface area (Å²) in [6.07, 6.45) is 0.273. The Labute approximate surface area is 114 Å². The smallest absolute Gasteiger partial charge is 0.230 e. The van der Waals surface area contributed by atoms with Crippen molar-refractivity contribution in [2.75, 3.05) is 13.1 Å². The Hall–Kier alpha value is -1.42. The minimum atomic E-state index is -3.63. The van der Waals surface area contributed by atoms with Crippen molar-refractivity contribution in [1.29, 1.82) is 5.26 Å². The predicted molar refractivity (Wildman–Crippen MR) is 74.5 cm³/mol. The summed E-state index contributed by atoms with van der Waals surface area (Å²) in [6.45, 7) is 2.39. The molecular formula is C13H19N3O2S. The minimum absolute atomic E-state index is 0.218. The largest absolute Gasteiger partial charge is 0.329 e. The molecule has 0 saturated heterocycles. The Bertz CT molecular complexity index is 523. The fourth-order valence-electron chi connectivity index (χ4n) is 1.78. The van der Waals surface area contributed by atoms with Crippen molar-refractivity contribution in [2.24, 2.45) is 5.73 Å². The summed E-state index contributed by atoms with van der Waals surface area (Å²) in [5, 5.41) is 7.95. The van der Waals surface area contributed by atoms with E-state index in [0.29, 0.717) is 0 Å². The fraction of sp³-hybridized carbons (Fsp3) is 0.462. The zero-order chi connectivity index (χ0) is 14.3. The van der Waals surface area contributed by atoms with Gasteiger partial charge in [-0.1, -0.05) is 37.3 Å². The molecule has 0 aliphatic heterocycles. The topological polar surface area (TPSA) is 87.2 Å². The number of hydrogen-bond acceptors (Lipinski definition) is 4. The highest BCUT2D eigenvalue weighted by Crippen LogP contribution is 2.15. The lowest BCUT2D eigenvalue weighted by molar-refractivity contribution is 0.409. The van der Waals surface area contributed by atoms with Gasteiger partial charge in [-0.25, -0.2) is 8.42 Å². The van der Waals surface area contributed by atoms with Crippen LogP contribution in [0.3, 0.4) is 0 Å². The lowest BCUT2D eigenvalue weighted by Crippen LogP contribution is -2.40. The van der Waals surface area contributed by atoms with Crippen LogP contribution in [0.4, 0.5) is 0 Å². The predicted octanol–water partition coefficient (Wildman–Crippen LogP) is 1.08. The van der Waals surface area contributed by atoms with Gasteiger partial charge in [-0.3, -0.25) is 0 Å². The molecule has 1 aromatic carbocycles. The zero-order valence-corrected chi connectivity index (χ0v) is 11.8. The van der Waals surface area contributed by atoms with E-state index in [0.717, 1.165) is 5.56 Å². The van der Waals surface area contributed by atoms with Gasteiger partial charge in [-0.2, -0.15) is 9.57 Å². The first-order chi connectivity index (χ1) is 9.06. The monoisotopic (exact) mass is 281 g/mol. The molecule has 0 fully saturated rings. The standard InChI is InChI=1S/C13H19N3O2S/c1-2-13(10-15)19(17,18)16(9-8-14)11-12-6-4-3-5-7-12/h3-7,13H,2,8-9,11,14H2,1H3. The fourth-order valence-corrected chi connectivity index (χ4v) is 3.38. The Morgan fingerprint density at radius 1 is 1.37 bits per heavy atom. The lowest BCUT2D eigenvalue weighted by atomic mass is 10.2. The summed E-state index contributed by atoms with van der Waals surface area (Å²) in [7, 11) is -3.63. The van der Waals surface area contributed by atoms with E-state index < -0.39 is 15.3 Å². The molecule has 0 spiro atoms. The molecule has 2 N–H and O–H groups in total. The Kier molecular flexibility index (Phi) is 5.96. The number of benzene rings is 1. The zero-order valence-electron chi connectivity index (χ0n) is 11.0. The summed E-state index contributed by atoms with van der Waals surface area (Å²) >= 11 is 0. The van der Waals surface area contributed by atoms with E-state index in [1.165, 1.54) is 4.31 Å². The van der Waals surface area contributed by atoms with Crippen molar-refractivity contribution in [1.82, 2.24) is 4.31 Å². The summed E-state index contributed by atoms with van der Waals surface area (Å²) in [5.41, 5.74) is 6.36. The van der Waals surface area contributed by atoms with Crippen LogP contribution in [0, 0.1) is 11.3 Å². The Morgan fingerprint density at radius 2 is 2.00 bits per heavy atom. The highest BCUT2D eigenvalue weighted by atomic mass is 32.2. The van der Waals surface area contributed by atoms with E-state index >= 15 is 0 Å². The van der Waals surface area contributed by atoms with Crippen molar-refractivity contribution >= 4 is 10.0 Å². The van der Waals surface area contributed by atoms with Crippen molar-refractivity contribution < 1.29 is 8.42 Å². The van der Waals surface area contributed by atoms with Crippen LogP contribution in [0.1, 0.15) is 18.9 Å². The summed E-state index contributed by atoms with van der Waals surface area (Å²) < 4.78 is 26.0. The number of hydrogen-bond donors (Lipinski definition) is 1. The maximum atomic E-state index is 12.3. The van der Waals surface area contributed by atoms with E-state index in [2.05, 4.69) is 0 Å². The summed E-state index contributed by atoms with van der Waals surface area (Å²) in [5.74, 6) is 0. The third-order valence-corrected chi connectivity index (χ3v) is 5.00. The number of nitrogens with two attached hydrogens (primary N) is 1. The number of nitrogens with zero attached hydrogens (tertiary/aromatic N) is 2. The second-order valence-corrected chi connectivity index (χ2v) is 6.29. The Morgan fingerprint density at radius 3 is 2.47 bits per heavy atom. The van der Waals surface area contributed by atoms with Crippen LogP contribution in [-0.4, -0.2) is 31.1 Å². The van der Waals surface area contributed by atoms with E-state index in [-0.39, 0.29) is 26.1 Å². The van der Waals surface area contributed by atoms with E-state index in [1.54, 1.807) is 6.92 Å². The molecule has 5 nitrogen and oxygen atoms in total. The molecule has 0 aliphatic rings. The maximum absolute atomic E-state index is 12.3. The molecule has 6 heteroatoms. The van der Waals surface area contributed by atoms with Gasteiger partial charge in [-0.15, -0.1) is 0 Å². The van der Waals surface area contributed by atoms with Gasteiger partial charge in [0.25, 0.3) is 0 Å². The highest BCUT2D eigenvalue weighted by molar-refractivity contribution is 7.89. The van der Waals surface area contributed by atoms with Crippen LogP contribution >= 0.6 is 0 Å². The molecule has 19 heavy (non-hydrogen) atoms. The highest BCUT2D eigenvalue weighted by Gasteiger charge is 2.30. The SMILES string of the molecule is CCC(C#N)S(=O)(=O)N(CCN)Cc1ccccc1. The van der Waals surface area contributed by atoms with Crippen molar-refractivity contribution in [3.05, 3.63) is 35.9 Å². The third-order valence-electron chi connectivity index (χ3n) is 2.81. The summed E-state index contributed by atoms with van der Waals surface area (Å²) in [4.78, 5) is 0. The van der Waals surface area contributed by atoms with Crippen LogP contribution in [0.25, 0.3) is 0 Å². The van der Waals surface area contributed by atoms with Gasteiger partial charge >= 0.3 is 0 Å². The normalized spacial score (nSPS) is 13.2. The van der Waals surface area contributed by atoms with Crippen LogP contribution in [0.5, 0.6) is 0 Å². The number of nitriles is 1. The molecule has 0 saturated carbocycles. The van der Waals surface area contributed by atoms with Crippen LogP contribution in [0.15, 0.2) is 30.3 Å². The minimum Gasteiger partial charge on any atom is -0.329 e. The van der Waals surface area contributed by atoms with Gasteiger partial charge < -0.3 is 5.73 Å². The van der Waals surface area contributed by atoms with Gasteiger partial charge in [0.1, 0.15) is 0 Å². The van der Waals surface area contributed by atoms with Gasteiger partial charge in [-0.05, 0) is 12.0 Å². The maximum Gasteiger partial charge on any atom is 0.230 e. The molecule has 0 aromatic heterocycles. The molecular weight excluding hydrogens is 262 g/mol. The van der Waals surface area contributed by atoms with Crippen LogP contribution in [0.2, 0.25) is 0 Å². The van der Waals surface area contributed by atoms with E-state index in [4.69, 9.17) is 11.0 Å². The van der Waals surface area contributed by atoms with Crippen molar-refractivity contribution in [3.63, 3.8) is 0 Å². The summed E-state index contributed by atoms with van der Waals surface area (Å²) in [6, 6.07) is 11.1. The molecule has 1 unspecified atom stereocenters. The molecule has 1 aromatic rings. The first-order valence-electron chi connectivity index (χ1n) is 6.18. The second kappa shape index (κ2) is 7.24. The van der Waals surface area contributed by atoms with Crippen LogP contribution in [-0.2, 0) is 16.6 Å². The van der Waals surface area contributed by atoms with Gasteiger partial charge in [0.05, 0.1) is 6.07 Å². The molecule has 0 amide bonds. The van der Waals surface area contributed by atoms with E-state index in [1.807, 2.05) is 36.4 Å². The van der Waals surface area contributed by atoms with Crippen molar-refractivity contribution in [2.45, 2.75) is 25.1 Å².